The van der Waals surface area contributed by atoms with Crippen LogP contribution in [0, 0.1) is 0 Å². The van der Waals surface area contributed by atoms with Gasteiger partial charge in [-0.1, -0.05) is 31.5 Å². The van der Waals surface area contributed by atoms with Gasteiger partial charge in [0.05, 0.1) is 16.6 Å². The van der Waals surface area contributed by atoms with Gasteiger partial charge in [0.2, 0.25) is 0 Å². The molecule has 3 aromatic rings. The Labute approximate surface area is 131 Å². The average Bonchev–Trinajstić information content (AvgIpc) is 2.92. The number of hydrogen-bond acceptors (Lipinski definition) is 2. The summed E-state index contributed by atoms with van der Waals surface area (Å²) in [6, 6.07) is 10.5. The van der Waals surface area contributed by atoms with E-state index in [4.69, 9.17) is 0 Å². The molecule has 0 spiro atoms. The standard InChI is InChI=1S/C17H16F3N3/c1-2-3-7-12-10-15-14(11-21-12)16(17(18,19)20)22-23(15)13-8-5-4-6-9-13/h4-6,8-11H,2-3,7H2,1H3. The van der Waals surface area contributed by atoms with Gasteiger partial charge in [-0.2, -0.15) is 18.3 Å². The summed E-state index contributed by atoms with van der Waals surface area (Å²) in [7, 11) is 0. The minimum atomic E-state index is -4.51. The number of alkyl halides is 3. The fourth-order valence-corrected chi connectivity index (χ4v) is 2.52. The largest absolute Gasteiger partial charge is 0.435 e. The fourth-order valence-electron chi connectivity index (χ4n) is 2.52. The third-order valence-electron chi connectivity index (χ3n) is 3.68. The van der Waals surface area contributed by atoms with Crippen LogP contribution in [0.1, 0.15) is 31.2 Å². The summed E-state index contributed by atoms with van der Waals surface area (Å²) in [6.07, 6.45) is -0.524. The van der Waals surface area contributed by atoms with Crippen LogP contribution in [0.5, 0.6) is 0 Å². The van der Waals surface area contributed by atoms with Crippen molar-refractivity contribution in [2.45, 2.75) is 32.4 Å². The van der Waals surface area contributed by atoms with Gasteiger partial charge in [-0.05, 0) is 31.0 Å². The number of aryl methyl sites for hydroxylation is 1. The number of hydrogen-bond donors (Lipinski definition) is 0. The van der Waals surface area contributed by atoms with Crippen LogP contribution in [0.15, 0.2) is 42.6 Å². The van der Waals surface area contributed by atoms with Crippen LogP contribution in [0.25, 0.3) is 16.6 Å². The van der Waals surface area contributed by atoms with E-state index in [1.807, 2.05) is 6.07 Å². The highest BCUT2D eigenvalue weighted by atomic mass is 19.4. The van der Waals surface area contributed by atoms with Gasteiger partial charge in [-0.25, -0.2) is 4.68 Å². The van der Waals surface area contributed by atoms with E-state index in [1.54, 1.807) is 30.3 Å². The number of benzene rings is 1. The smallest absolute Gasteiger partial charge is 0.260 e. The van der Waals surface area contributed by atoms with E-state index in [-0.39, 0.29) is 5.39 Å². The predicted octanol–water partition coefficient (Wildman–Crippen LogP) is 4.78. The maximum Gasteiger partial charge on any atom is 0.435 e. The van der Waals surface area contributed by atoms with Crippen molar-refractivity contribution < 1.29 is 13.2 Å². The van der Waals surface area contributed by atoms with Crippen LogP contribution < -0.4 is 0 Å². The Balaban J connectivity index is 2.21. The lowest BCUT2D eigenvalue weighted by Crippen LogP contribution is -2.07. The molecule has 120 valence electrons. The Hall–Kier alpha value is -2.37. The fraction of sp³-hybridized carbons (Fsp3) is 0.294. The van der Waals surface area contributed by atoms with Crippen molar-refractivity contribution in [1.82, 2.24) is 14.8 Å². The van der Waals surface area contributed by atoms with Crippen LogP contribution in [0.2, 0.25) is 0 Å². The van der Waals surface area contributed by atoms with Crippen molar-refractivity contribution in [3.8, 4) is 5.69 Å². The van der Waals surface area contributed by atoms with Crippen LogP contribution >= 0.6 is 0 Å². The molecular formula is C17H16F3N3. The third-order valence-corrected chi connectivity index (χ3v) is 3.68. The number of para-hydroxylation sites is 1. The van der Waals surface area contributed by atoms with Crippen molar-refractivity contribution in [1.29, 1.82) is 0 Å². The number of pyridine rings is 1. The molecule has 0 unspecified atom stereocenters. The molecule has 0 aliphatic carbocycles. The summed E-state index contributed by atoms with van der Waals surface area (Å²) >= 11 is 0. The Kier molecular flexibility index (Phi) is 4.07. The quantitative estimate of drug-likeness (QED) is 0.693. The molecule has 0 fully saturated rings. The highest BCUT2D eigenvalue weighted by Gasteiger charge is 2.37. The van der Waals surface area contributed by atoms with Gasteiger partial charge in [0.1, 0.15) is 0 Å². The first-order valence-corrected chi connectivity index (χ1v) is 7.51. The molecule has 0 atom stereocenters. The summed E-state index contributed by atoms with van der Waals surface area (Å²) < 4.78 is 41.1. The summed E-state index contributed by atoms with van der Waals surface area (Å²) in [6.45, 7) is 2.06. The molecule has 2 heterocycles. The number of unbranched alkanes of at least 4 members (excludes halogenated alkanes) is 1. The van der Waals surface area contributed by atoms with Gasteiger partial charge >= 0.3 is 6.18 Å². The topological polar surface area (TPSA) is 30.7 Å². The van der Waals surface area contributed by atoms with Crippen molar-refractivity contribution in [2.75, 3.05) is 0 Å². The van der Waals surface area contributed by atoms with E-state index in [2.05, 4.69) is 17.0 Å². The molecule has 0 aliphatic heterocycles. The summed E-state index contributed by atoms with van der Waals surface area (Å²) in [5.41, 5.74) is 0.918. The highest BCUT2D eigenvalue weighted by Crippen LogP contribution is 2.35. The molecule has 0 radical (unpaired) electrons. The number of fused-ring (bicyclic) bond motifs is 1. The molecule has 23 heavy (non-hydrogen) atoms. The molecule has 3 rings (SSSR count). The first-order chi connectivity index (χ1) is 11.0. The lowest BCUT2D eigenvalue weighted by atomic mass is 10.1. The second-order valence-corrected chi connectivity index (χ2v) is 5.39. The monoisotopic (exact) mass is 319 g/mol. The lowest BCUT2D eigenvalue weighted by Gasteiger charge is -2.04. The zero-order valence-corrected chi connectivity index (χ0v) is 12.6. The Morgan fingerprint density at radius 1 is 1.13 bits per heavy atom. The molecule has 6 heteroatoms. The van der Waals surface area contributed by atoms with E-state index >= 15 is 0 Å². The number of nitrogens with zero attached hydrogens (tertiary/aromatic N) is 3. The molecule has 0 saturated heterocycles. The number of halogens is 3. The Morgan fingerprint density at radius 2 is 1.87 bits per heavy atom. The van der Waals surface area contributed by atoms with Crippen molar-refractivity contribution in [2.24, 2.45) is 0 Å². The zero-order chi connectivity index (χ0) is 16.4. The van der Waals surface area contributed by atoms with Gasteiger partial charge in [0.25, 0.3) is 0 Å². The van der Waals surface area contributed by atoms with Crippen LogP contribution in [-0.2, 0) is 12.6 Å². The normalized spacial score (nSPS) is 12.0. The molecule has 0 bridgehead atoms. The number of rotatable bonds is 4. The van der Waals surface area contributed by atoms with E-state index < -0.39 is 11.9 Å². The van der Waals surface area contributed by atoms with Gasteiger partial charge in [0.15, 0.2) is 5.69 Å². The lowest BCUT2D eigenvalue weighted by molar-refractivity contribution is -0.140. The molecule has 2 aromatic heterocycles. The molecular weight excluding hydrogens is 303 g/mol. The van der Waals surface area contributed by atoms with Gasteiger partial charge in [0, 0.05) is 11.9 Å². The summed E-state index contributed by atoms with van der Waals surface area (Å²) in [5.74, 6) is 0. The maximum atomic E-state index is 13.2. The van der Waals surface area contributed by atoms with Crippen molar-refractivity contribution in [3.05, 3.63) is 54.0 Å². The van der Waals surface area contributed by atoms with Crippen LogP contribution in [-0.4, -0.2) is 14.8 Å². The zero-order valence-electron chi connectivity index (χ0n) is 12.6. The van der Waals surface area contributed by atoms with Gasteiger partial charge in [-0.3, -0.25) is 4.98 Å². The number of aromatic nitrogens is 3. The SMILES string of the molecule is CCCCc1cc2c(cn1)c(C(F)(F)F)nn2-c1ccccc1. The Morgan fingerprint density at radius 3 is 2.52 bits per heavy atom. The van der Waals surface area contributed by atoms with Crippen molar-refractivity contribution >= 4 is 10.9 Å². The molecule has 0 aliphatic rings. The van der Waals surface area contributed by atoms with Gasteiger partial charge < -0.3 is 0 Å². The van der Waals surface area contributed by atoms with Crippen LogP contribution in [0.3, 0.4) is 0 Å². The first kappa shape index (κ1) is 15.5. The van der Waals surface area contributed by atoms with E-state index in [1.165, 1.54) is 10.9 Å². The molecule has 1 aromatic carbocycles. The molecule has 3 nitrogen and oxygen atoms in total. The molecule has 0 saturated carbocycles. The second-order valence-electron chi connectivity index (χ2n) is 5.39. The third kappa shape index (κ3) is 3.06. The Bertz CT molecular complexity index is 807. The second kappa shape index (κ2) is 6.02. The summed E-state index contributed by atoms with van der Waals surface area (Å²) in [5, 5.41) is 3.83. The summed E-state index contributed by atoms with van der Waals surface area (Å²) in [4.78, 5) is 4.17. The minimum Gasteiger partial charge on any atom is -0.260 e. The predicted molar refractivity (Wildman–Crippen MR) is 82.5 cm³/mol. The average molecular weight is 319 g/mol. The first-order valence-electron chi connectivity index (χ1n) is 7.51. The molecule has 0 N–H and O–H groups in total. The van der Waals surface area contributed by atoms with Gasteiger partial charge in [-0.15, -0.1) is 0 Å². The van der Waals surface area contributed by atoms with Crippen LogP contribution in [0.4, 0.5) is 13.2 Å². The van der Waals surface area contributed by atoms with Crippen molar-refractivity contribution in [3.63, 3.8) is 0 Å². The van der Waals surface area contributed by atoms with E-state index in [9.17, 15) is 13.2 Å². The highest BCUT2D eigenvalue weighted by molar-refractivity contribution is 5.83. The minimum absolute atomic E-state index is 0.0293. The molecule has 0 amide bonds. The maximum absolute atomic E-state index is 13.2. The van der Waals surface area contributed by atoms with E-state index in [0.29, 0.717) is 11.2 Å². The van der Waals surface area contributed by atoms with E-state index in [0.717, 1.165) is 25.0 Å².